The maximum absolute atomic E-state index is 11.0. The molecule has 0 spiro atoms. The Morgan fingerprint density at radius 3 is 2.85 bits per heavy atom. The second-order valence-electron chi connectivity index (χ2n) is 4.30. The average molecular weight is 204 g/mol. The fourth-order valence-electron chi connectivity index (χ4n) is 2.30. The van der Waals surface area contributed by atoms with Crippen molar-refractivity contribution in [2.24, 2.45) is 5.92 Å². The average Bonchev–Trinajstić information content (AvgIpc) is 2.03. The van der Waals surface area contributed by atoms with Crippen LogP contribution in [0.3, 0.4) is 0 Å². The molecule has 2 atom stereocenters. The number of hydrogen-bond acceptors (Lipinski definition) is 1. The zero-order chi connectivity index (χ0) is 9.90. The van der Waals surface area contributed by atoms with Gasteiger partial charge >= 0.3 is 0 Å². The number of alkyl halides is 1. The highest BCUT2D eigenvalue weighted by molar-refractivity contribution is 6.18. The van der Waals surface area contributed by atoms with Crippen molar-refractivity contribution in [1.29, 1.82) is 0 Å². The first-order valence-corrected chi connectivity index (χ1v) is 5.46. The third-order valence-electron chi connectivity index (χ3n) is 2.79. The number of carbonyl (C=O) groups excluding carboxylic acids is 1. The Hall–Kier alpha value is -0.240. The molecule has 0 aromatic heterocycles. The van der Waals surface area contributed by atoms with E-state index in [9.17, 15) is 4.79 Å². The maximum Gasteiger partial charge on any atom is 0.217 e. The number of amides is 1. The van der Waals surface area contributed by atoms with Crippen LogP contribution in [-0.4, -0.2) is 17.3 Å². The number of hydrogen-bond donors (Lipinski definition) is 1. The van der Waals surface area contributed by atoms with Crippen LogP contribution < -0.4 is 5.32 Å². The lowest BCUT2D eigenvalue weighted by molar-refractivity contribution is -0.121. The molecule has 1 saturated carbocycles. The van der Waals surface area contributed by atoms with Gasteiger partial charge in [-0.25, -0.2) is 0 Å². The Kier molecular flexibility index (Phi) is 3.60. The van der Waals surface area contributed by atoms with E-state index in [1.165, 1.54) is 12.8 Å². The number of nitrogens with one attached hydrogen (secondary N) is 1. The van der Waals surface area contributed by atoms with Gasteiger partial charge < -0.3 is 5.32 Å². The largest absolute Gasteiger partial charge is 0.350 e. The van der Waals surface area contributed by atoms with Crippen LogP contribution in [0.15, 0.2) is 0 Å². The van der Waals surface area contributed by atoms with Crippen LogP contribution >= 0.6 is 11.6 Å². The fourth-order valence-corrected chi connectivity index (χ4v) is 2.61. The van der Waals surface area contributed by atoms with Crippen LogP contribution in [0.1, 0.15) is 39.5 Å². The molecule has 1 aliphatic carbocycles. The van der Waals surface area contributed by atoms with Crippen molar-refractivity contribution in [3.63, 3.8) is 0 Å². The first-order chi connectivity index (χ1) is 6.08. The summed E-state index contributed by atoms with van der Waals surface area (Å²) in [4.78, 5) is 11.0. The van der Waals surface area contributed by atoms with Gasteiger partial charge in [0.1, 0.15) is 0 Å². The summed E-state index contributed by atoms with van der Waals surface area (Å²) in [6, 6.07) is 0. The van der Waals surface area contributed by atoms with Crippen LogP contribution in [-0.2, 0) is 4.79 Å². The quantitative estimate of drug-likeness (QED) is 0.686. The molecule has 0 aliphatic heterocycles. The summed E-state index contributed by atoms with van der Waals surface area (Å²) in [5.74, 6) is 1.26. The first-order valence-electron chi connectivity index (χ1n) is 4.93. The zero-order valence-corrected chi connectivity index (χ0v) is 9.16. The van der Waals surface area contributed by atoms with Crippen LogP contribution in [0.25, 0.3) is 0 Å². The third kappa shape index (κ3) is 2.87. The van der Waals surface area contributed by atoms with Gasteiger partial charge in [0.2, 0.25) is 5.91 Å². The molecule has 1 aliphatic rings. The number of halogens is 1. The molecule has 0 radical (unpaired) electrons. The van der Waals surface area contributed by atoms with E-state index in [-0.39, 0.29) is 11.4 Å². The van der Waals surface area contributed by atoms with E-state index in [2.05, 4.69) is 12.2 Å². The Balaban J connectivity index is 2.61. The molecule has 3 heteroatoms. The van der Waals surface area contributed by atoms with E-state index < -0.39 is 0 Å². The van der Waals surface area contributed by atoms with Crippen molar-refractivity contribution in [1.82, 2.24) is 5.32 Å². The molecule has 0 saturated heterocycles. The fraction of sp³-hybridized carbons (Fsp3) is 0.900. The summed E-state index contributed by atoms with van der Waals surface area (Å²) in [7, 11) is 0. The summed E-state index contributed by atoms with van der Waals surface area (Å²) in [6.07, 6.45) is 4.49. The van der Waals surface area contributed by atoms with E-state index in [0.29, 0.717) is 11.8 Å². The third-order valence-corrected chi connectivity index (χ3v) is 3.30. The van der Waals surface area contributed by atoms with Gasteiger partial charge in [0.25, 0.3) is 0 Å². The molecule has 2 unspecified atom stereocenters. The lowest BCUT2D eigenvalue weighted by atomic mass is 9.77. The van der Waals surface area contributed by atoms with Crippen molar-refractivity contribution in [3.05, 3.63) is 0 Å². The normalized spacial score (nSPS) is 34.2. The molecule has 0 aromatic rings. The van der Waals surface area contributed by atoms with Crippen molar-refractivity contribution >= 4 is 17.5 Å². The molecule has 1 fully saturated rings. The highest BCUT2D eigenvalue weighted by Gasteiger charge is 2.34. The second-order valence-corrected chi connectivity index (χ2v) is 4.56. The van der Waals surface area contributed by atoms with E-state index in [1.807, 2.05) is 0 Å². The van der Waals surface area contributed by atoms with Gasteiger partial charge in [-0.05, 0) is 18.8 Å². The van der Waals surface area contributed by atoms with Crippen LogP contribution in [0.2, 0.25) is 0 Å². The minimum absolute atomic E-state index is 0.0368. The molecule has 76 valence electrons. The van der Waals surface area contributed by atoms with Gasteiger partial charge in [0.05, 0.1) is 5.54 Å². The predicted molar refractivity (Wildman–Crippen MR) is 54.9 cm³/mol. The summed E-state index contributed by atoms with van der Waals surface area (Å²) in [6.45, 7) is 3.79. The molecule has 0 bridgehead atoms. The maximum atomic E-state index is 11.0. The SMILES string of the molecule is CC(=O)NC1(CCl)CCCC(C)C1. The second kappa shape index (κ2) is 4.32. The van der Waals surface area contributed by atoms with E-state index in [1.54, 1.807) is 6.92 Å². The zero-order valence-electron chi connectivity index (χ0n) is 8.40. The summed E-state index contributed by atoms with van der Waals surface area (Å²) in [5.41, 5.74) is -0.120. The minimum atomic E-state index is -0.120. The molecule has 2 nitrogen and oxygen atoms in total. The Morgan fingerprint density at radius 2 is 2.38 bits per heavy atom. The number of rotatable bonds is 2. The molecule has 0 heterocycles. The van der Waals surface area contributed by atoms with Gasteiger partial charge in [-0.15, -0.1) is 11.6 Å². The lowest BCUT2D eigenvalue weighted by Gasteiger charge is -2.39. The monoisotopic (exact) mass is 203 g/mol. The summed E-state index contributed by atoms with van der Waals surface area (Å²) in [5, 5.41) is 3.00. The molecule has 0 aromatic carbocycles. The van der Waals surface area contributed by atoms with Gasteiger partial charge in [0, 0.05) is 12.8 Å². The van der Waals surface area contributed by atoms with Crippen molar-refractivity contribution < 1.29 is 4.79 Å². The van der Waals surface area contributed by atoms with Crippen molar-refractivity contribution in [3.8, 4) is 0 Å². The van der Waals surface area contributed by atoms with Gasteiger partial charge in [-0.3, -0.25) is 4.79 Å². The van der Waals surface area contributed by atoms with E-state index in [4.69, 9.17) is 11.6 Å². The van der Waals surface area contributed by atoms with E-state index >= 15 is 0 Å². The van der Waals surface area contributed by atoms with Crippen LogP contribution in [0.5, 0.6) is 0 Å². The predicted octanol–water partition coefficient (Wildman–Crippen LogP) is 2.31. The Morgan fingerprint density at radius 1 is 1.69 bits per heavy atom. The number of carbonyl (C=O) groups is 1. The van der Waals surface area contributed by atoms with Crippen LogP contribution in [0.4, 0.5) is 0 Å². The molecule has 13 heavy (non-hydrogen) atoms. The molecular weight excluding hydrogens is 186 g/mol. The van der Waals surface area contributed by atoms with E-state index in [0.717, 1.165) is 12.8 Å². The summed E-state index contributed by atoms with van der Waals surface area (Å²) >= 11 is 5.93. The molecular formula is C10H18ClNO. The van der Waals surface area contributed by atoms with Gasteiger partial charge in [0.15, 0.2) is 0 Å². The summed E-state index contributed by atoms with van der Waals surface area (Å²) < 4.78 is 0. The van der Waals surface area contributed by atoms with Crippen LogP contribution in [0, 0.1) is 5.92 Å². The van der Waals surface area contributed by atoms with Gasteiger partial charge in [-0.1, -0.05) is 19.8 Å². The topological polar surface area (TPSA) is 29.1 Å². The first kappa shape index (κ1) is 10.8. The van der Waals surface area contributed by atoms with Crippen molar-refractivity contribution in [2.75, 3.05) is 5.88 Å². The van der Waals surface area contributed by atoms with Crippen molar-refractivity contribution in [2.45, 2.75) is 45.1 Å². The molecule has 1 N–H and O–H groups in total. The standard InChI is InChI=1S/C10H18ClNO/c1-8-4-3-5-10(6-8,7-11)12-9(2)13/h8H,3-7H2,1-2H3,(H,12,13). The highest BCUT2D eigenvalue weighted by atomic mass is 35.5. The Labute approximate surface area is 85.0 Å². The highest BCUT2D eigenvalue weighted by Crippen LogP contribution is 2.33. The lowest BCUT2D eigenvalue weighted by Crippen LogP contribution is -2.52. The minimum Gasteiger partial charge on any atom is -0.350 e. The molecule has 1 rings (SSSR count). The smallest absolute Gasteiger partial charge is 0.217 e. The Bertz CT molecular complexity index is 195. The van der Waals surface area contributed by atoms with Gasteiger partial charge in [-0.2, -0.15) is 0 Å². The molecule has 1 amide bonds.